The van der Waals surface area contributed by atoms with Crippen LogP contribution >= 0.6 is 0 Å². The van der Waals surface area contributed by atoms with Crippen LogP contribution in [-0.4, -0.2) is 24.1 Å². The Labute approximate surface area is 128 Å². The molecule has 0 amide bonds. The molecular formula is C15H15N3O3S. The van der Waals surface area contributed by atoms with Gasteiger partial charge >= 0.3 is 0 Å². The maximum atomic E-state index is 11.6. The molecule has 0 bridgehead atoms. The van der Waals surface area contributed by atoms with Crippen molar-refractivity contribution in [1.82, 2.24) is 9.97 Å². The first kappa shape index (κ1) is 14.5. The molecule has 1 aromatic carbocycles. The number of rotatable bonds is 4. The number of hydrogen-bond donors (Lipinski definition) is 1. The number of benzene rings is 1. The number of nitrogens with one attached hydrogen (secondary N) is 1. The lowest BCUT2D eigenvalue weighted by atomic mass is 10.1. The van der Waals surface area contributed by atoms with E-state index in [1.165, 1.54) is 6.20 Å². The fourth-order valence-electron chi connectivity index (χ4n) is 2.12. The summed E-state index contributed by atoms with van der Waals surface area (Å²) in [5, 5.41) is 0. The van der Waals surface area contributed by atoms with Crippen molar-refractivity contribution in [2.45, 2.75) is 13.8 Å². The van der Waals surface area contributed by atoms with Gasteiger partial charge in [0.2, 0.25) is 10.0 Å². The highest BCUT2D eigenvalue weighted by atomic mass is 32.2. The molecule has 0 aliphatic heterocycles. The molecule has 6 nitrogen and oxygen atoms in total. The van der Waals surface area contributed by atoms with Gasteiger partial charge in [0.1, 0.15) is 5.52 Å². The van der Waals surface area contributed by atoms with E-state index in [-0.39, 0.29) is 5.75 Å². The van der Waals surface area contributed by atoms with Crippen LogP contribution in [-0.2, 0) is 10.0 Å². The zero-order valence-corrected chi connectivity index (χ0v) is 13.0. The lowest BCUT2D eigenvalue weighted by molar-refractivity contribution is 0.561. The third kappa shape index (κ3) is 2.94. The molecule has 3 aromatic rings. The number of nitrogens with zero attached hydrogens (tertiary/aromatic N) is 2. The van der Waals surface area contributed by atoms with Crippen molar-refractivity contribution < 1.29 is 12.8 Å². The predicted molar refractivity (Wildman–Crippen MR) is 85.1 cm³/mol. The molecule has 0 aliphatic carbocycles. The van der Waals surface area contributed by atoms with E-state index >= 15 is 0 Å². The van der Waals surface area contributed by atoms with Crippen LogP contribution < -0.4 is 4.72 Å². The third-order valence-corrected chi connectivity index (χ3v) is 4.53. The van der Waals surface area contributed by atoms with E-state index in [2.05, 4.69) is 14.7 Å². The lowest BCUT2D eigenvalue weighted by Gasteiger charge is -2.07. The highest BCUT2D eigenvalue weighted by Crippen LogP contribution is 2.26. The van der Waals surface area contributed by atoms with Gasteiger partial charge in [-0.05, 0) is 30.7 Å². The molecule has 0 fully saturated rings. The van der Waals surface area contributed by atoms with Crippen molar-refractivity contribution >= 4 is 26.8 Å². The van der Waals surface area contributed by atoms with Gasteiger partial charge in [-0.3, -0.25) is 9.71 Å². The molecule has 2 aromatic heterocycles. The van der Waals surface area contributed by atoms with Crippen molar-refractivity contribution in [3.8, 4) is 11.1 Å². The van der Waals surface area contributed by atoms with Crippen LogP contribution in [0.15, 0.2) is 41.1 Å². The van der Waals surface area contributed by atoms with E-state index in [4.69, 9.17) is 4.42 Å². The molecule has 22 heavy (non-hydrogen) atoms. The average Bonchev–Trinajstić information content (AvgIpc) is 2.86. The number of sulfonamides is 1. The van der Waals surface area contributed by atoms with Crippen LogP contribution in [0, 0.1) is 6.92 Å². The summed E-state index contributed by atoms with van der Waals surface area (Å²) >= 11 is 0. The summed E-state index contributed by atoms with van der Waals surface area (Å²) in [5.41, 5.74) is 3.60. The molecule has 0 saturated heterocycles. The number of hydrogen-bond acceptors (Lipinski definition) is 5. The summed E-state index contributed by atoms with van der Waals surface area (Å²) in [6.07, 6.45) is 3.15. The normalized spacial score (nSPS) is 11.7. The first-order valence-corrected chi connectivity index (χ1v) is 8.45. The Morgan fingerprint density at radius 2 is 2.00 bits per heavy atom. The van der Waals surface area contributed by atoms with Crippen molar-refractivity contribution in [3.05, 3.63) is 42.5 Å². The van der Waals surface area contributed by atoms with Crippen molar-refractivity contribution in [3.63, 3.8) is 0 Å². The minimum absolute atomic E-state index is 0.0144. The van der Waals surface area contributed by atoms with Gasteiger partial charge in [-0.1, -0.05) is 6.07 Å². The van der Waals surface area contributed by atoms with Crippen LogP contribution in [0.4, 0.5) is 5.69 Å². The lowest BCUT2D eigenvalue weighted by Crippen LogP contribution is -2.14. The number of aromatic nitrogens is 2. The van der Waals surface area contributed by atoms with Crippen molar-refractivity contribution in [1.29, 1.82) is 0 Å². The second kappa shape index (κ2) is 5.42. The maximum Gasteiger partial charge on any atom is 0.232 e. The van der Waals surface area contributed by atoms with E-state index in [9.17, 15) is 8.42 Å². The summed E-state index contributed by atoms with van der Waals surface area (Å²) in [5.74, 6) is 0.621. The number of pyridine rings is 1. The first-order valence-electron chi connectivity index (χ1n) is 6.80. The number of fused-ring (bicyclic) bond motifs is 1. The number of anilines is 1. The van der Waals surface area contributed by atoms with Crippen molar-refractivity contribution in [2.24, 2.45) is 0 Å². The van der Waals surface area contributed by atoms with E-state index in [1.807, 2.05) is 18.2 Å². The highest BCUT2D eigenvalue weighted by molar-refractivity contribution is 7.92. The minimum Gasteiger partial charge on any atom is -0.441 e. The molecule has 1 N–H and O–H groups in total. The first-order chi connectivity index (χ1) is 10.5. The molecule has 2 heterocycles. The summed E-state index contributed by atoms with van der Waals surface area (Å²) in [6.45, 7) is 3.38. The molecule has 0 radical (unpaired) electrons. The molecule has 0 atom stereocenters. The standard InChI is InChI=1S/C15H15N3O3S/c1-3-22(19,20)18-13-6-12(8-16-9-13)11-4-5-14-15(7-11)21-10(2)17-14/h4-9,18H,3H2,1-2H3. The van der Waals surface area contributed by atoms with Crippen molar-refractivity contribution in [2.75, 3.05) is 10.5 Å². The predicted octanol–water partition coefficient (Wildman–Crippen LogP) is 2.96. The molecule has 3 rings (SSSR count). The van der Waals surface area contributed by atoms with Gasteiger partial charge < -0.3 is 4.42 Å². The Balaban J connectivity index is 1.99. The van der Waals surface area contributed by atoms with Gasteiger partial charge in [-0.15, -0.1) is 0 Å². The Morgan fingerprint density at radius 3 is 2.77 bits per heavy atom. The van der Waals surface area contributed by atoms with Gasteiger partial charge in [-0.2, -0.15) is 0 Å². The number of aryl methyl sites for hydroxylation is 1. The number of oxazole rings is 1. The van der Waals surface area contributed by atoms with E-state index in [1.54, 1.807) is 26.1 Å². The van der Waals surface area contributed by atoms with Crippen LogP contribution in [0.5, 0.6) is 0 Å². The molecular weight excluding hydrogens is 302 g/mol. The van der Waals surface area contributed by atoms with Gasteiger partial charge in [-0.25, -0.2) is 13.4 Å². The summed E-state index contributed by atoms with van der Waals surface area (Å²) < 4.78 is 31.3. The fraction of sp³-hybridized carbons (Fsp3) is 0.200. The third-order valence-electron chi connectivity index (χ3n) is 3.22. The molecule has 0 saturated carbocycles. The largest absolute Gasteiger partial charge is 0.441 e. The van der Waals surface area contributed by atoms with Crippen LogP contribution in [0.1, 0.15) is 12.8 Å². The average molecular weight is 317 g/mol. The Bertz CT molecular complexity index is 932. The Hall–Kier alpha value is -2.41. The Kier molecular flexibility index (Phi) is 3.58. The topological polar surface area (TPSA) is 85.1 Å². The monoisotopic (exact) mass is 317 g/mol. The van der Waals surface area contributed by atoms with E-state index in [0.717, 1.165) is 16.6 Å². The summed E-state index contributed by atoms with van der Waals surface area (Å²) in [6, 6.07) is 7.37. The smallest absolute Gasteiger partial charge is 0.232 e. The Morgan fingerprint density at radius 1 is 1.18 bits per heavy atom. The van der Waals surface area contributed by atoms with Crippen LogP contribution in [0.2, 0.25) is 0 Å². The molecule has 0 unspecified atom stereocenters. The van der Waals surface area contributed by atoms with Gasteiger partial charge in [0.05, 0.1) is 17.6 Å². The van der Waals surface area contributed by atoms with Gasteiger partial charge in [0.25, 0.3) is 0 Å². The highest BCUT2D eigenvalue weighted by Gasteiger charge is 2.09. The summed E-state index contributed by atoms with van der Waals surface area (Å²) in [7, 11) is -3.32. The fourth-order valence-corrected chi connectivity index (χ4v) is 2.74. The molecule has 7 heteroatoms. The molecule has 0 aliphatic rings. The van der Waals surface area contributed by atoms with Crippen LogP contribution in [0.25, 0.3) is 22.2 Å². The summed E-state index contributed by atoms with van der Waals surface area (Å²) in [4.78, 5) is 8.34. The minimum atomic E-state index is -3.32. The van der Waals surface area contributed by atoms with E-state index in [0.29, 0.717) is 17.2 Å². The zero-order chi connectivity index (χ0) is 15.7. The van der Waals surface area contributed by atoms with E-state index < -0.39 is 10.0 Å². The molecule has 0 spiro atoms. The second-order valence-corrected chi connectivity index (χ2v) is 6.89. The SMILES string of the molecule is CCS(=O)(=O)Nc1cncc(-c2ccc3nc(C)oc3c2)c1. The second-order valence-electron chi connectivity index (χ2n) is 4.88. The van der Waals surface area contributed by atoms with Gasteiger partial charge in [0, 0.05) is 18.7 Å². The molecule has 114 valence electrons. The quantitative estimate of drug-likeness (QED) is 0.799. The maximum absolute atomic E-state index is 11.6. The van der Waals surface area contributed by atoms with Gasteiger partial charge in [0.15, 0.2) is 11.5 Å². The van der Waals surface area contributed by atoms with Crippen LogP contribution in [0.3, 0.4) is 0 Å². The zero-order valence-electron chi connectivity index (χ0n) is 12.2.